The number of rotatable bonds is 0. The third kappa shape index (κ3) is 0.545. The van der Waals surface area contributed by atoms with Crippen LogP contribution in [0.3, 0.4) is 0 Å². The van der Waals surface area contributed by atoms with Gasteiger partial charge in [-0.3, -0.25) is 0 Å². The Labute approximate surface area is 54.0 Å². The molecule has 9 heavy (non-hydrogen) atoms. The highest BCUT2D eigenvalue weighted by Crippen LogP contribution is 2.23. The highest BCUT2D eigenvalue weighted by Gasteiger charge is 2.10. The molecule has 1 aliphatic carbocycles. The van der Waals surface area contributed by atoms with Gasteiger partial charge in [0, 0.05) is 5.56 Å². The fourth-order valence-corrected chi connectivity index (χ4v) is 1.17. The molecule has 0 unspecified atom stereocenters. The van der Waals surface area contributed by atoms with Crippen molar-refractivity contribution < 1.29 is 4.42 Å². The standard InChI is InChI=1S/C8H8O/c1-6-5-9-8-4-2-3-7(6)8/h2,4-5H,3H2,1H3. The lowest BCUT2D eigenvalue weighted by Crippen LogP contribution is -1.75. The Bertz CT molecular complexity index is 256. The molecule has 1 heterocycles. The smallest absolute Gasteiger partial charge is 0.130 e. The molecule has 0 saturated carbocycles. The van der Waals surface area contributed by atoms with E-state index in [-0.39, 0.29) is 0 Å². The van der Waals surface area contributed by atoms with E-state index < -0.39 is 0 Å². The summed E-state index contributed by atoms with van der Waals surface area (Å²) in [6.45, 7) is 2.08. The van der Waals surface area contributed by atoms with Crippen molar-refractivity contribution >= 4 is 6.08 Å². The number of aryl methyl sites for hydroxylation is 1. The van der Waals surface area contributed by atoms with Crippen LogP contribution in [0.15, 0.2) is 16.8 Å². The Kier molecular flexibility index (Phi) is 0.810. The SMILES string of the molecule is Cc1coc2c1CC=C2. The van der Waals surface area contributed by atoms with Crippen molar-refractivity contribution in [3.8, 4) is 0 Å². The summed E-state index contributed by atoms with van der Waals surface area (Å²) in [4.78, 5) is 0. The molecule has 0 aliphatic heterocycles. The highest BCUT2D eigenvalue weighted by molar-refractivity contribution is 5.56. The van der Waals surface area contributed by atoms with Gasteiger partial charge >= 0.3 is 0 Å². The minimum absolute atomic E-state index is 1.05. The molecule has 0 spiro atoms. The quantitative estimate of drug-likeness (QED) is 0.511. The molecule has 0 amide bonds. The van der Waals surface area contributed by atoms with E-state index in [1.165, 1.54) is 11.1 Å². The third-order valence-electron chi connectivity index (χ3n) is 1.73. The molecule has 0 aromatic carbocycles. The Morgan fingerprint density at radius 1 is 1.56 bits per heavy atom. The van der Waals surface area contributed by atoms with Gasteiger partial charge in [-0.25, -0.2) is 0 Å². The van der Waals surface area contributed by atoms with Crippen LogP contribution in [0.1, 0.15) is 16.9 Å². The predicted octanol–water partition coefficient (Wildman–Crippen LogP) is 2.16. The molecule has 1 heteroatoms. The van der Waals surface area contributed by atoms with Gasteiger partial charge in [-0.1, -0.05) is 6.08 Å². The van der Waals surface area contributed by atoms with E-state index in [0.717, 1.165) is 12.2 Å². The first-order chi connectivity index (χ1) is 4.38. The molecule has 1 aromatic heterocycles. The maximum Gasteiger partial charge on any atom is 0.130 e. The van der Waals surface area contributed by atoms with Gasteiger partial charge in [-0.05, 0) is 25.0 Å². The van der Waals surface area contributed by atoms with E-state index in [9.17, 15) is 0 Å². The zero-order chi connectivity index (χ0) is 6.27. The van der Waals surface area contributed by atoms with Crippen molar-refractivity contribution in [3.05, 3.63) is 29.2 Å². The summed E-state index contributed by atoms with van der Waals surface area (Å²) in [5.41, 5.74) is 2.63. The van der Waals surface area contributed by atoms with Crippen molar-refractivity contribution in [3.63, 3.8) is 0 Å². The minimum atomic E-state index is 1.05. The molecule has 0 radical (unpaired) electrons. The Morgan fingerprint density at radius 2 is 2.44 bits per heavy atom. The van der Waals surface area contributed by atoms with Crippen LogP contribution >= 0.6 is 0 Å². The lowest BCUT2D eigenvalue weighted by atomic mass is 10.2. The van der Waals surface area contributed by atoms with Gasteiger partial charge in [-0.2, -0.15) is 0 Å². The molecule has 0 saturated heterocycles. The zero-order valence-electron chi connectivity index (χ0n) is 5.35. The Hall–Kier alpha value is -0.980. The first-order valence-electron chi connectivity index (χ1n) is 3.11. The summed E-state index contributed by atoms with van der Waals surface area (Å²) >= 11 is 0. The van der Waals surface area contributed by atoms with Gasteiger partial charge in [0.2, 0.25) is 0 Å². The predicted molar refractivity (Wildman–Crippen MR) is 36.2 cm³/mol. The van der Waals surface area contributed by atoms with E-state index in [0.29, 0.717) is 0 Å². The Balaban J connectivity index is 2.65. The molecular weight excluding hydrogens is 112 g/mol. The number of furan rings is 1. The average molecular weight is 120 g/mol. The van der Waals surface area contributed by atoms with E-state index in [4.69, 9.17) is 4.42 Å². The van der Waals surface area contributed by atoms with Crippen LogP contribution < -0.4 is 0 Å². The monoisotopic (exact) mass is 120 g/mol. The summed E-state index contributed by atoms with van der Waals surface area (Å²) in [7, 11) is 0. The lowest BCUT2D eigenvalue weighted by molar-refractivity contribution is 0.554. The molecule has 1 aliphatic rings. The maximum absolute atomic E-state index is 5.22. The van der Waals surface area contributed by atoms with E-state index >= 15 is 0 Å². The molecule has 46 valence electrons. The first kappa shape index (κ1) is 4.86. The van der Waals surface area contributed by atoms with Gasteiger partial charge in [0.25, 0.3) is 0 Å². The highest BCUT2D eigenvalue weighted by atomic mass is 16.3. The minimum Gasteiger partial charge on any atom is -0.464 e. The van der Waals surface area contributed by atoms with Crippen LogP contribution in [0, 0.1) is 6.92 Å². The van der Waals surface area contributed by atoms with Gasteiger partial charge < -0.3 is 4.42 Å². The van der Waals surface area contributed by atoms with E-state index in [1.807, 2.05) is 12.3 Å². The lowest BCUT2D eigenvalue weighted by Gasteiger charge is -1.85. The van der Waals surface area contributed by atoms with Crippen molar-refractivity contribution in [2.45, 2.75) is 13.3 Å². The van der Waals surface area contributed by atoms with Crippen molar-refractivity contribution in [1.82, 2.24) is 0 Å². The fourth-order valence-electron chi connectivity index (χ4n) is 1.17. The molecule has 1 nitrogen and oxygen atoms in total. The number of allylic oxidation sites excluding steroid dienone is 1. The van der Waals surface area contributed by atoms with Crippen LogP contribution in [0.25, 0.3) is 6.08 Å². The van der Waals surface area contributed by atoms with Gasteiger partial charge in [0.15, 0.2) is 0 Å². The van der Waals surface area contributed by atoms with Crippen molar-refractivity contribution in [2.24, 2.45) is 0 Å². The topological polar surface area (TPSA) is 13.1 Å². The molecule has 2 rings (SSSR count). The van der Waals surface area contributed by atoms with E-state index in [1.54, 1.807) is 0 Å². The average Bonchev–Trinajstić information content (AvgIpc) is 2.35. The second-order valence-electron chi connectivity index (χ2n) is 2.37. The normalized spacial score (nSPS) is 14.3. The first-order valence-corrected chi connectivity index (χ1v) is 3.11. The maximum atomic E-state index is 5.22. The van der Waals surface area contributed by atoms with Gasteiger partial charge in [0.05, 0.1) is 6.26 Å². The molecule has 0 bridgehead atoms. The number of fused-ring (bicyclic) bond motifs is 1. The molecule has 0 N–H and O–H groups in total. The molecule has 0 fully saturated rings. The number of hydrogen-bond acceptors (Lipinski definition) is 1. The Morgan fingerprint density at radius 3 is 3.22 bits per heavy atom. The fraction of sp³-hybridized carbons (Fsp3) is 0.250. The van der Waals surface area contributed by atoms with Crippen molar-refractivity contribution in [2.75, 3.05) is 0 Å². The molecule has 1 aromatic rings. The van der Waals surface area contributed by atoms with Gasteiger partial charge in [0.1, 0.15) is 5.76 Å². The van der Waals surface area contributed by atoms with Crippen LogP contribution in [-0.4, -0.2) is 0 Å². The van der Waals surface area contributed by atoms with E-state index in [2.05, 4.69) is 13.0 Å². The largest absolute Gasteiger partial charge is 0.464 e. The second-order valence-corrected chi connectivity index (χ2v) is 2.37. The van der Waals surface area contributed by atoms with Crippen LogP contribution in [-0.2, 0) is 6.42 Å². The number of hydrogen-bond donors (Lipinski definition) is 0. The zero-order valence-corrected chi connectivity index (χ0v) is 5.35. The summed E-state index contributed by atoms with van der Waals surface area (Å²) in [5.74, 6) is 1.05. The molecule has 0 atom stereocenters. The molecular formula is C8H8O. The second kappa shape index (κ2) is 1.50. The van der Waals surface area contributed by atoms with Crippen molar-refractivity contribution in [1.29, 1.82) is 0 Å². The van der Waals surface area contributed by atoms with Crippen LogP contribution in [0.5, 0.6) is 0 Å². The third-order valence-corrected chi connectivity index (χ3v) is 1.73. The van der Waals surface area contributed by atoms with Crippen LogP contribution in [0.4, 0.5) is 0 Å². The van der Waals surface area contributed by atoms with Gasteiger partial charge in [-0.15, -0.1) is 0 Å². The van der Waals surface area contributed by atoms with Crippen LogP contribution in [0.2, 0.25) is 0 Å². The summed E-state index contributed by atoms with van der Waals surface area (Å²) in [6, 6.07) is 0. The summed E-state index contributed by atoms with van der Waals surface area (Å²) in [5, 5.41) is 0. The summed E-state index contributed by atoms with van der Waals surface area (Å²) in [6.07, 6.45) is 7.02. The summed E-state index contributed by atoms with van der Waals surface area (Å²) < 4.78 is 5.22.